The minimum Gasteiger partial charge on any atom is -0.481 e. The standard InChI is InChI=1S/C18H32O3/c1-2-3-4-5-6-7-8-11-14-17(19)15-12-9-10-13-16-18(20)21/h7-8,11,14,17,19H,2-6,9-10,12-13,15-16H2,1H3,(H,20,21)/b8-7-,14-11+. The summed E-state index contributed by atoms with van der Waals surface area (Å²) < 4.78 is 0. The molecule has 0 aliphatic carbocycles. The Morgan fingerprint density at radius 3 is 2.43 bits per heavy atom. The van der Waals surface area contributed by atoms with E-state index >= 15 is 0 Å². The Morgan fingerprint density at radius 1 is 1.00 bits per heavy atom. The minimum atomic E-state index is -0.723. The molecular formula is C18H32O3. The molecule has 0 aliphatic heterocycles. The molecule has 2 N–H and O–H groups in total. The summed E-state index contributed by atoms with van der Waals surface area (Å²) in [6.07, 6.45) is 18.4. The van der Waals surface area contributed by atoms with Crippen LogP contribution >= 0.6 is 0 Å². The van der Waals surface area contributed by atoms with Crippen molar-refractivity contribution in [3.8, 4) is 0 Å². The zero-order valence-corrected chi connectivity index (χ0v) is 13.5. The van der Waals surface area contributed by atoms with Crippen molar-refractivity contribution < 1.29 is 15.0 Å². The Balaban J connectivity index is 3.43. The van der Waals surface area contributed by atoms with E-state index in [1.807, 2.05) is 18.2 Å². The zero-order chi connectivity index (χ0) is 15.8. The lowest BCUT2D eigenvalue weighted by atomic mass is 10.1. The Bertz CT molecular complexity index is 295. The third-order valence-corrected chi connectivity index (χ3v) is 3.45. The lowest BCUT2D eigenvalue weighted by molar-refractivity contribution is -0.137. The summed E-state index contributed by atoms with van der Waals surface area (Å²) >= 11 is 0. The number of hydrogen-bond acceptors (Lipinski definition) is 2. The number of carboxylic acids is 1. The molecule has 0 saturated heterocycles. The number of hydrogen-bond donors (Lipinski definition) is 2. The van der Waals surface area contributed by atoms with E-state index in [1.54, 1.807) is 0 Å². The zero-order valence-electron chi connectivity index (χ0n) is 13.5. The molecule has 0 aliphatic rings. The summed E-state index contributed by atoms with van der Waals surface area (Å²) in [6, 6.07) is 0. The SMILES string of the molecule is CCCCCC/C=C\C=C\C(O)CCCCCCC(=O)O. The highest BCUT2D eigenvalue weighted by Gasteiger charge is 1.99. The molecule has 0 rings (SSSR count). The fraction of sp³-hybridized carbons (Fsp3) is 0.722. The largest absolute Gasteiger partial charge is 0.481 e. The van der Waals surface area contributed by atoms with Crippen molar-refractivity contribution in [3.63, 3.8) is 0 Å². The maximum Gasteiger partial charge on any atom is 0.303 e. The van der Waals surface area contributed by atoms with Gasteiger partial charge in [-0.25, -0.2) is 0 Å². The highest BCUT2D eigenvalue weighted by atomic mass is 16.4. The molecule has 0 bridgehead atoms. The van der Waals surface area contributed by atoms with Gasteiger partial charge in [0.2, 0.25) is 0 Å². The molecule has 0 saturated carbocycles. The van der Waals surface area contributed by atoms with Crippen molar-refractivity contribution in [2.75, 3.05) is 0 Å². The average Bonchev–Trinajstić information content (AvgIpc) is 2.45. The summed E-state index contributed by atoms with van der Waals surface area (Å²) in [5.74, 6) is -0.723. The van der Waals surface area contributed by atoms with Gasteiger partial charge in [0.25, 0.3) is 0 Å². The van der Waals surface area contributed by atoms with Gasteiger partial charge in [-0.1, -0.05) is 69.8 Å². The Kier molecular flexibility index (Phi) is 14.5. The number of aliphatic hydroxyl groups excluding tert-OH is 1. The molecule has 3 heteroatoms. The molecular weight excluding hydrogens is 264 g/mol. The van der Waals surface area contributed by atoms with Gasteiger partial charge in [-0.2, -0.15) is 0 Å². The Morgan fingerprint density at radius 2 is 1.71 bits per heavy atom. The van der Waals surface area contributed by atoms with Gasteiger partial charge in [-0.3, -0.25) is 4.79 Å². The quantitative estimate of drug-likeness (QED) is 0.355. The molecule has 0 radical (unpaired) electrons. The maximum absolute atomic E-state index is 10.3. The second-order valence-electron chi connectivity index (χ2n) is 5.58. The van der Waals surface area contributed by atoms with Crippen LogP contribution in [0.15, 0.2) is 24.3 Å². The van der Waals surface area contributed by atoms with Crippen LogP contribution in [0.25, 0.3) is 0 Å². The highest BCUT2D eigenvalue weighted by molar-refractivity contribution is 5.66. The highest BCUT2D eigenvalue weighted by Crippen LogP contribution is 2.08. The summed E-state index contributed by atoms with van der Waals surface area (Å²) in [4.78, 5) is 10.3. The number of aliphatic carboxylic acids is 1. The Hall–Kier alpha value is -1.09. The van der Waals surface area contributed by atoms with E-state index in [2.05, 4.69) is 13.0 Å². The fourth-order valence-corrected chi connectivity index (χ4v) is 2.14. The molecule has 1 unspecified atom stereocenters. The van der Waals surface area contributed by atoms with Gasteiger partial charge in [-0.05, 0) is 25.7 Å². The topological polar surface area (TPSA) is 57.5 Å². The van der Waals surface area contributed by atoms with E-state index in [0.29, 0.717) is 0 Å². The van der Waals surface area contributed by atoms with Crippen LogP contribution in [0.1, 0.15) is 77.6 Å². The second kappa shape index (κ2) is 15.3. The lowest BCUT2D eigenvalue weighted by Gasteiger charge is -2.04. The molecule has 0 aromatic heterocycles. The third-order valence-electron chi connectivity index (χ3n) is 3.45. The van der Waals surface area contributed by atoms with E-state index in [9.17, 15) is 9.90 Å². The molecule has 0 aromatic carbocycles. The molecule has 21 heavy (non-hydrogen) atoms. The van der Waals surface area contributed by atoms with Crippen LogP contribution in [0.4, 0.5) is 0 Å². The van der Waals surface area contributed by atoms with Crippen LogP contribution < -0.4 is 0 Å². The summed E-state index contributed by atoms with van der Waals surface area (Å²) in [7, 11) is 0. The van der Waals surface area contributed by atoms with Gasteiger partial charge < -0.3 is 10.2 Å². The van der Waals surface area contributed by atoms with Crippen LogP contribution in [0.2, 0.25) is 0 Å². The fourth-order valence-electron chi connectivity index (χ4n) is 2.14. The molecule has 0 heterocycles. The maximum atomic E-state index is 10.3. The molecule has 0 spiro atoms. The van der Waals surface area contributed by atoms with E-state index in [-0.39, 0.29) is 12.5 Å². The van der Waals surface area contributed by atoms with E-state index in [0.717, 1.165) is 38.5 Å². The number of allylic oxidation sites excluding steroid dienone is 3. The van der Waals surface area contributed by atoms with Crippen LogP contribution in [-0.4, -0.2) is 22.3 Å². The normalized spacial score (nSPS) is 13.2. The van der Waals surface area contributed by atoms with Gasteiger partial charge in [-0.15, -0.1) is 0 Å². The molecule has 3 nitrogen and oxygen atoms in total. The van der Waals surface area contributed by atoms with Crippen molar-refractivity contribution in [1.82, 2.24) is 0 Å². The number of aliphatic hydroxyl groups is 1. The molecule has 0 amide bonds. The second-order valence-corrected chi connectivity index (χ2v) is 5.58. The molecule has 122 valence electrons. The van der Waals surface area contributed by atoms with Gasteiger partial charge in [0, 0.05) is 6.42 Å². The number of unbranched alkanes of at least 4 members (excludes halogenated alkanes) is 7. The molecule has 0 aromatic rings. The lowest BCUT2D eigenvalue weighted by Crippen LogP contribution is -2.01. The number of carboxylic acid groups (broad SMARTS) is 1. The van der Waals surface area contributed by atoms with Crippen molar-refractivity contribution in [1.29, 1.82) is 0 Å². The first-order chi connectivity index (χ1) is 10.2. The van der Waals surface area contributed by atoms with E-state index in [4.69, 9.17) is 5.11 Å². The van der Waals surface area contributed by atoms with E-state index < -0.39 is 5.97 Å². The molecule has 1 atom stereocenters. The first-order valence-corrected chi connectivity index (χ1v) is 8.40. The first kappa shape index (κ1) is 19.9. The van der Waals surface area contributed by atoms with Crippen LogP contribution in [0.5, 0.6) is 0 Å². The minimum absolute atomic E-state index is 0.255. The van der Waals surface area contributed by atoms with Gasteiger partial charge >= 0.3 is 5.97 Å². The smallest absolute Gasteiger partial charge is 0.303 e. The third kappa shape index (κ3) is 16.9. The van der Waals surface area contributed by atoms with Gasteiger partial charge in [0.15, 0.2) is 0 Å². The number of rotatable bonds is 14. The molecule has 0 fully saturated rings. The predicted molar refractivity (Wildman–Crippen MR) is 88.4 cm³/mol. The van der Waals surface area contributed by atoms with Crippen molar-refractivity contribution in [3.05, 3.63) is 24.3 Å². The predicted octanol–water partition coefficient (Wildman–Crippen LogP) is 4.86. The van der Waals surface area contributed by atoms with Crippen LogP contribution in [0.3, 0.4) is 0 Å². The number of carbonyl (C=O) groups is 1. The van der Waals surface area contributed by atoms with Crippen LogP contribution in [0, 0.1) is 0 Å². The van der Waals surface area contributed by atoms with Crippen molar-refractivity contribution in [2.45, 2.75) is 83.7 Å². The Labute approximate surface area is 129 Å². The van der Waals surface area contributed by atoms with E-state index in [1.165, 1.54) is 25.7 Å². The van der Waals surface area contributed by atoms with Crippen molar-refractivity contribution >= 4 is 5.97 Å². The summed E-state index contributed by atoms with van der Waals surface area (Å²) in [5, 5.41) is 18.3. The van der Waals surface area contributed by atoms with Crippen molar-refractivity contribution in [2.24, 2.45) is 0 Å². The summed E-state index contributed by atoms with van der Waals surface area (Å²) in [5.41, 5.74) is 0. The first-order valence-electron chi connectivity index (χ1n) is 8.40. The van der Waals surface area contributed by atoms with Crippen LogP contribution in [-0.2, 0) is 4.79 Å². The van der Waals surface area contributed by atoms with Gasteiger partial charge in [0.1, 0.15) is 0 Å². The average molecular weight is 296 g/mol. The summed E-state index contributed by atoms with van der Waals surface area (Å²) in [6.45, 7) is 2.21. The monoisotopic (exact) mass is 296 g/mol. The van der Waals surface area contributed by atoms with Gasteiger partial charge in [0.05, 0.1) is 6.10 Å².